The van der Waals surface area contributed by atoms with Gasteiger partial charge in [-0.2, -0.15) is 0 Å². The third kappa shape index (κ3) is 3.04. The fraction of sp³-hybridized carbons (Fsp3) is 0.143. The minimum absolute atomic E-state index is 0.495. The lowest BCUT2D eigenvalue weighted by Crippen LogP contribution is -1.83. The molecule has 4 heteroatoms. The first-order valence-corrected chi connectivity index (χ1v) is 2.88. The van der Waals surface area contributed by atoms with Crippen molar-refractivity contribution in [3.63, 3.8) is 0 Å². The van der Waals surface area contributed by atoms with Crippen LogP contribution in [0.3, 0.4) is 0 Å². The van der Waals surface area contributed by atoms with Gasteiger partial charge in [-0.05, 0) is 19.2 Å². The number of rotatable bonds is 0. The van der Waals surface area contributed by atoms with E-state index in [-0.39, 0.29) is 0 Å². The molecule has 11 heavy (non-hydrogen) atoms. The zero-order valence-electron chi connectivity index (χ0n) is 5.94. The van der Waals surface area contributed by atoms with Crippen molar-refractivity contribution >= 4 is 0 Å². The number of hydrogen-bond donors (Lipinski definition) is 1. The smallest absolute Gasteiger partial charge is 0.161 e. The number of benzene rings is 1. The van der Waals surface area contributed by atoms with Crippen molar-refractivity contribution in [1.82, 2.24) is 0 Å². The van der Waals surface area contributed by atoms with Crippen molar-refractivity contribution < 1.29 is 13.2 Å². The molecule has 0 aliphatic carbocycles. The summed E-state index contributed by atoms with van der Waals surface area (Å²) >= 11 is 0. The molecule has 2 N–H and O–H groups in total. The molecule has 0 bridgehead atoms. The molecule has 1 nitrogen and oxygen atoms in total. The summed E-state index contributed by atoms with van der Waals surface area (Å²) in [6.07, 6.45) is 0. The highest BCUT2D eigenvalue weighted by Crippen LogP contribution is 2.05. The lowest BCUT2D eigenvalue weighted by Gasteiger charge is -1.88. The van der Waals surface area contributed by atoms with Crippen molar-refractivity contribution in [2.75, 3.05) is 7.05 Å². The Bertz CT molecular complexity index is 225. The molecule has 0 fully saturated rings. The molecule has 1 rings (SSSR count). The van der Waals surface area contributed by atoms with Gasteiger partial charge in [-0.15, -0.1) is 0 Å². The van der Waals surface area contributed by atoms with Crippen molar-refractivity contribution in [2.24, 2.45) is 5.73 Å². The minimum Gasteiger partial charge on any atom is -0.333 e. The average molecular weight is 163 g/mol. The Kier molecular flexibility index (Phi) is 4.29. The summed E-state index contributed by atoms with van der Waals surface area (Å²) in [5, 5.41) is 0. The van der Waals surface area contributed by atoms with E-state index < -0.39 is 17.5 Å². The summed E-state index contributed by atoms with van der Waals surface area (Å²) in [5.74, 6) is -2.96. The van der Waals surface area contributed by atoms with Gasteiger partial charge in [0.05, 0.1) is 0 Å². The summed E-state index contributed by atoms with van der Waals surface area (Å²) < 4.78 is 35.9. The van der Waals surface area contributed by atoms with Crippen molar-refractivity contribution in [1.29, 1.82) is 0 Å². The van der Waals surface area contributed by atoms with Gasteiger partial charge in [0, 0.05) is 6.07 Å². The molecule has 1 aromatic carbocycles. The van der Waals surface area contributed by atoms with Crippen LogP contribution in [0.1, 0.15) is 0 Å². The summed E-state index contributed by atoms with van der Waals surface area (Å²) in [6.45, 7) is 0. The Morgan fingerprint density at radius 1 is 1.00 bits per heavy atom. The van der Waals surface area contributed by atoms with Gasteiger partial charge in [0.1, 0.15) is 5.82 Å². The van der Waals surface area contributed by atoms with Gasteiger partial charge < -0.3 is 5.73 Å². The van der Waals surface area contributed by atoms with Crippen LogP contribution in [0.2, 0.25) is 0 Å². The van der Waals surface area contributed by atoms with E-state index in [1.54, 1.807) is 0 Å². The van der Waals surface area contributed by atoms with Crippen LogP contribution in [0, 0.1) is 17.5 Å². The number of hydrogen-bond acceptors (Lipinski definition) is 1. The fourth-order valence-corrected chi connectivity index (χ4v) is 0.470. The molecule has 1 aromatic rings. The summed E-state index contributed by atoms with van der Waals surface area (Å²) in [5.41, 5.74) is 4.50. The molecular weight excluding hydrogens is 155 g/mol. The average Bonchev–Trinajstić information content (AvgIpc) is 2.02. The second kappa shape index (κ2) is 4.73. The molecule has 0 atom stereocenters. The molecule has 62 valence electrons. The standard InChI is InChI=1S/C6H3F3.CH5N/c7-4-1-2-5(8)6(9)3-4;1-2/h1-3H;2H2,1H3. The Hall–Kier alpha value is -1.03. The lowest BCUT2D eigenvalue weighted by molar-refractivity contribution is 0.495. The zero-order chi connectivity index (χ0) is 8.85. The Morgan fingerprint density at radius 2 is 1.55 bits per heavy atom. The molecule has 0 spiro atoms. The van der Waals surface area contributed by atoms with Gasteiger partial charge in [-0.1, -0.05) is 0 Å². The van der Waals surface area contributed by atoms with Gasteiger partial charge in [-0.25, -0.2) is 13.2 Å². The predicted octanol–water partition coefficient (Wildman–Crippen LogP) is 1.68. The topological polar surface area (TPSA) is 26.0 Å². The molecule has 0 radical (unpaired) electrons. The Balaban J connectivity index is 0.000000461. The van der Waals surface area contributed by atoms with Crippen LogP contribution in [-0.2, 0) is 0 Å². The highest BCUT2D eigenvalue weighted by Gasteiger charge is 1.99. The van der Waals surface area contributed by atoms with Crippen LogP contribution in [0.5, 0.6) is 0 Å². The van der Waals surface area contributed by atoms with Gasteiger partial charge in [0.15, 0.2) is 11.6 Å². The SMILES string of the molecule is CN.Fc1ccc(F)c(F)c1. The fourth-order valence-electron chi connectivity index (χ4n) is 0.470. The first kappa shape index (κ1) is 9.97. The molecule has 0 aliphatic rings. The first-order chi connectivity index (χ1) is 5.20. The van der Waals surface area contributed by atoms with E-state index in [9.17, 15) is 13.2 Å². The monoisotopic (exact) mass is 163 g/mol. The maximum atomic E-state index is 12.0. The third-order valence-electron chi connectivity index (χ3n) is 0.882. The normalized spacial score (nSPS) is 8.45. The minimum atomic E-state index is -1.16. The molecule has 0 unspecified atom stereocenters. The molecular formula is C7H8F3N. The Labute approximate surface area is 62.6 Å². The van der Waals surface area contributed by atoms with Gasteiger partial charge in [0.25, 0.3) is 0 Å². The van der Waals surface area contributed by atoms with Crippen LogP contribution in [0.15, 0.2) is 18.2 Å². The van der Waals surface area contributed by atoms with E-state index >= 15 is 0 Å². The van der Waals surface area contributed by atoms with E-state index in [1.165, 1.54) is 7.05 Å². The highest BCUT2D eigenvalue weighted by atomic mass is 19.2. The molecule has 0 aliphatic heterocycles. The van der Waals surface area contributed by atoms with Gasteiger partial charge in [0.2, 0.25) is 0 Å². The van der Waals surface area contributed by atoms with E-state index in [1.807, 2.05) is 0 Å². The van der Waals surface area contributed by atoms with Crippen LogP contribution in [-0.4, -0.2) is 7.05 Å². The van der Waals surface area contributed by atoms with Crippen LogP contribution in [0.4, 0.5) is 13.2 Å². The molecule has 0 amide bonds. The van der Waals surface area contributed by atoms with Gasteiger partial charge >= 0.3 is 0 Å². The van der Waals surface area contributed by atoms with Crippen LogP contribution in [0.25, 0.3) is 0 Å². The molecule has 0 saturated heterocycles. The van der Waals surface area contributed by atoms with E-state index in [2.05, 4.69) is 5.73 Å². The van der Waals surface area contributed by atoms with E-state index in [0.29, 0.717) is 6.07 Å². The second-order valence-corrected chi connectivity index (χ2v) is 1.56. The van der Waals surface area contributed by atoms with E-state index in [4.69, 9.17) is 0 Å². The second-order valence-electron chi connectivity index (χ2n) is 1.56. The summed E-state index contributed by atoms with van der Waals surface area (Å²) in [6, 6.07) is 2.10. The lowest BCUT2D eigenvalue weighted by atomic mass is 10.3. The van der Waals surface area contributed by atoms with Crippen molar-refractivity contribution in [3.8, 4) is 0 Å². The zero-order valence-corrected chi connectivity index (χ0v) is 5.94. The van der Waals surface area contributed by atoms with Crippen molar-refractivity contribution in [2.45, 2.75) is 0 Å². The summed E-state index contributed by atoms with van der Waals surface area (Å²) in [7, 11) is 1.50. The first-order valence-electron chi connectivity index (χ1n) is 2.88. The Morgan fingerprint density at radius 3 is 1.91 bits per heavy atom. The maximum Gasteiger partial charge on any atom is 0.161 e. The predicted molar refractivity (Wildman–Crippen MR) is 36.4 cm³/mol. The van der Waals surface area contributed by atoms with Crippen LogP contribution >= 0.6 is 0 Å². The quantitative estimate of drug-likeness (QED) is 0.578. The maximum absolute atomic E-state index is 12.0. The van der Waals surface area contributed by atoms with Crippen molar-refractivity contribution in [3.05, 3.63) is 35.7 Å². The molecule has 0 heterocycles. The number of nitrogens with two attached hydrogens (primary N) is 1. The number of halogens is 3. The summed E-state index contributed by atoms with van der Waals surface area (Å²) in [4.78, 5) is 0. The molecule has 0 saturated carbocycles. The highest BCUT2D eigenvalue weighted by molar-refractivity contribution is 5.07. The third-order valence-corrected chi connectivity index (χ3v) is 0.882. The largest absolute Gasteiger partial charge is 0.333 e. The van der Waals surface area contributed by atoms with E-state index in [0.717, 1.165) is 12.1 Å². The van der Waals surface area contributed by atoms with Crippen LogP contribution < -0.4 is 5.73 Å². The van der Waals surface area contributed by atoms with Gasteiger partial charge in [-0.3, -0.25) is 0 Å². The molecule has 0 aromatic heterocycles.